The highest BCUT2D eigenvalue weighted by atomic mass is 35.5. The first-order chi connectivity index (χ1) is 7.81. The minimum Gasteiger partial charge on any atom is -0.347 e. The van der Waals surface area contributed by atoms with Crippen molar-refractivity contribution in [3.63, 3.8) is 0 Å². The van der Waals surface area contributed by atoms with E-state index >= 15 is 0 Å². The van der Waals surface area contributed by atoms with E-state index in [0.29, 0.717) is 10.9 Å². The van der Waals surface area contributed by atoms with Gasteiger partial charge >= 0.3 is 0 Å². The molecule has 3 rings (SSSR count). The smallest absolute Gasteiger partial charge is 0.185 e. The van der Waals surface area contributed by atoms with E-state index < -0.39 is 0 Å². The molecule has 0 atom stereocenters. The SMILES string of the molecule is Clc1cnn(CC2CN(c3nccs3)C2)c1. The lowest BCUT2D eigenvalue weighted by atomic mass is 10.0. The molecule has 4 nitrogen and oxygen atoms in total. The maximum Gasteiger partial charge on any atom is 0.185 e. The van der Waals surface area contributed by atoms with E-state index in [1.165, 1.54) is 0 Å². The van der Waals surface area contributed by atoms with Gasteiger partial charge in [0, 0.05) is 43.3 Å². The Morgan fingerprint density at radius 3 is 3.00 bits per heavy atom. The van der Waals surface area contributed by atoms with Crippen LogP contribution in [0.4, 0.5) is 5.13 Å². The first-order valence-corrected chi connectivity index (χ1v) is 6.39. The Kier molecular flexibility index (Phi) is 2.57. The van der Waals surface area contributed by atoms with Crippen LogP contribution in [0.5, 0.6) is 0 Å². The molecule has 0 aromatic carbocycles. The van der Waals surface area contributed by atoms with Crippen LogP contribution in [0, 0.1) is 5.92 Å². The maximum atomic E-state index is 5.81. The van der Waals surface area contributed by atoms with Crippen LogP contribution in [0.3, 0.4) is 0 Å². The van der Waals surface area contributed by atoms with Crippen LogP contribution in [0.15, 0.2) is 24.0 Å². The van der Waals surface area contributed by atoms with Gasteiger partial charge in [-0.2, -0.15) is 5.10 Å². The predicted molar refractivity (Wildman–Crippen MR) is 65.1 cm³/mol. The Labute approximate surface area is 102 Å². The molecular formula is C10H11ClN4S. The van der Waals surface area contributed by atoms with E-state index in [1.54, 1.807) is 17.5 Å². The molecule has 1 saturated heterocycles. The molecule has 6 heteroatoms. The van der Waals surface area contributed by atoms with Gasteiger partial charge in [-0.15, -0.1) is 11.3 Å². The lowest BCUT2D eigenvalue weighted by Gasteiger charge is -2.38. The van der Waals surface area contributed by atoms with Crippen molar-refractivity contribution < 1.29 is 0 Å². The highest BCUT2D eigenvalue weighted by molar-refractivity contribution is 7.13. The van der Waals surface area contributed by atoms with Crippen molar-refractivity contribution in [2.45, 2.75) is 6.54 Å². The van der Waals surface area contributed by atoms with Gasteiger partial charge in [-0.25, -0.2) is 4.98 Å². The molecule has 0 bridgehead atoms. The molecule has 2 aromatic rings. The molecule has 2 aromatic heterocycles. The predicted octanol–water partition coefficient (Wildman–Crippen LogP) is 2.13. The molecule has 84 valence electrons. The second kappa shape index (κ2) is 4.07. The van der Waals surface area contributed by atoms with Gasteiger partial charge in [0.1, 0.15) is 0 Å². The third-order valence-corrected chi connectivity index (χ3v) is 3.72. The Bertz CT molecular complexity index is 461. The average Bonchev–Trinajstić information content (AvgIpc) is 2.82. The van der Waals surface area contributed by atoms with Crippen LogP contribution >= 0.6 is 22.9 Å². The monoisotopic (exact) mass is 254 g/mol. The van der Waals surface area contributed by atoms with E-state index in [0.717, 1.165) is 24.8 Å². The number of thiazole rings is 1. The minimum absolute atomic E-state index is 0.653. The third-order valence-electron chi connectivity index (χ3n) is 2.69. The number of hydrogen-bond donors (Lipinski definition) is 0. The minimum atomic E-state index is 0.653. The molecule has 0 N–H and O–H groups in total. The van der Waals surface area contributed by atoms with E-state index in [2.05, 4.69) is 15.0 Å². The summed E-state index contributed by atoms with van der Waals surface area (Å²) in [4.78, 5) is 6.58. The standard InChI is InChI=1S/C10H11ClN4S/c11-9-3-13-15(7-9)6-8-4-14(5-8)10-12-1-2-16-10/h1-3,7-8H,4-6H2. The van der Waals surface area contributed by atoms with Crippen LogP contribution in [-0.4, -0.2) is 27.9 Å². The number of halogens is 1. The van der Waals surface area contributed by atoms with Crippen molar-refractivity contribution in [2.24, 2.45) is 5.92 Å². The maximum absolute atomic E-state index is 5.81. The van der Waals surface area contributed by atoms with Crippen LogP contribution < -0.4 is 4.90 Å². The molecule has 1 aliphatic rings. The first kappa shape index (κ1) is 10.1. The van der Waals surface area contributed by atoms with E-state index in [9.17, 15) is 0 Å². The Morgan fingerprint density at radius 1 is 1.50 bits per heavy atom. The summed E-state index contributed by atoms with van der Waals surface area (Å²) in [5, 5.41) is 8.01. The van der Waals surface area contributed by atoms with E-state index in [4.69, 9.17) is 11.6 Å². The third kappa shape index (κ3) is 1.92. The molecule has 0 unspecified atom stereocenters. The molecule has 0 saturated carbocycles. The Hall–Kier alpha value is -1.07. The molecule has 0 aliphatic carbocycles. The summed E-state index contributed by atoms with van der Waals surface area (Å²) in [6.07, 6.45) is 5.40. The quantitative estimate of drug-likeness (QED) is 0.842. The van der Waals surface area contributed by atoms with Gasteiger partial charge in [-0.1, -0.05) is 11.6 Å². The van der Waals surface area contributed by atoms with Crippen LogP contribution in [0.25, 0.3) is 0 Å². The summed E-state index contributed by atoms with van der Waals surface area (Å²) < 4.78 is 1.91. The molecule has 3 heterocycles. The van der Waals surface area contributed by atoms with Crippen molar-refractivity contribution in [3.05, 3.63) is 29.0 Å². The summed E-state index contributed by atoms with van der Waals surface area (Å²) in [5.74, 6) is 0.653. The van der Waals surface area contributed by atoms with E-state index in [-0.39, 0.29) is 0 Å². The molecule has 1 aliphatic heterocycles. The van der Waals surface area contributed by atoms with Crippen molar-refractivity contribution in [2.75, 3.05) is 18.0 Å². The number of hydrogen-bond acceptors (Lipinski definition) is 4. The largest absolute Gasteiger partial charge is 0.347 e. The molecule has 0 amide bonds. The highest BCUT2D eigenvalue weighted by Crippen LogP contribution is 2.27. The van der Waals surface area contributed by atoms with Crippen molar-refractivity contribution in [1.29, 1.82) is 0 Å². The Balaban J connectivity index is 1.54. The molecule has 16 heavy (non-hydrogen) atoms. The van der Waals surface area contributed by atoms with E-state index in [1.807, 2.05) is 22.5 Å². The summed E-state index contributed by atoms with van der Waals surface area (Å²) in [7, 11) is 0. The van der Waals surface area contributed by atoms with Gasteiger partial charge in [0.2, 0.25) is 0 Å². The number of rotatable bonds is 3. The fraction of sp³-hybridized carbons (Fsp3) is 0.400. The molecule has 0 radical (unpaired) electrons. The summed E-state index contributed by atoms with van der Waals surface area (Å²) >= 11 is 7.50. The second-order valence-corrected chi connectivity index (χ2v) is 5.28. The summed E-state index contributed by atoms with van der Waals surface area (Å²) in [6, 6.07) is 0. The molecule has 0 spiro atoms. The van der Waals surface area contributed by atoms with Gasteiger partial charge < -0.3 is 4.90 Å². The van der Waals surface area contributed by atoms with Crippen molar-refractivity contribution in [3.8, 4) is 0 Å². The zero-order valence-electron chi connectivity index (χ0n) is 8.58. The lowest BCUT2D eigenvalue weighted by Crippen LogP contribution is -2.48. The topological polar surface area (TPSA) is 34.0 Å². The molecular weight excluding hydrogens is 244 g/mol. The summed E-state index contributed by atoms with van der Waals surface area (Å²) in [5.41, 5.74) is 0. The second-order valence-electron chi connectivity index (χ2n) is 3.97. The average molecular weight is 255 g/mol. The fourth-order valence-corrected chi connectivity index (χ4v) is 2.74. The van der Waals surface area contributed by atoms with Crippen molar-refractivity contribution >= 4 is 28.1 Å². The van der Waals surface area contributed by atoms with Crippen LogP contribution in [0.2, 0.25) is 5.02 Å². The number of aromatic nitrogens is 3. The first-order valence-electron chi connectivity index (χ1n) is 5.13. The summed E-state index contributed by atoms with van der Waals surface area (Å²) in [6.45, 7) is 3.06. The van der Waals surface area contributed by atoms with Crippen LogP contribution in [-0.2, 0) is 6.54 Å². The number of nitrogens with zero attached hydrogens (tertiary/aromatic N) is 4. The number of anilines is 1. The highest BCUT2D eigenvalue weighted by Gasteiger charge is 2.28. The fourth-order valence-electron chi connectivity index (χ4n) is 1.92. The van der Waals surface area contributed by atoms with Gasteiger partial charge in [-0.3, -0.25) is 4.68 Å². The molecule has 1 fully saturated rings. The zero-order valence-corrected chi connectivity index (χ0v) is 10.2. The van der Waals surface area contributed by atoms with Gasteiger partial charge in [0.05, 0.1) is 11.2 Å². The van der Waals surface area contributed by atoms with Gasteiger partial charge in [0.15, 0.2) is 5.13 Å². The van der Waals surface area contributed by atoms with Gasteiger partial charge in [-0.05, 0) is 0 Å². The normalized spacial score (nSPS) is 16.4. The van der Waals surface area contributed by atoms with Gasteiger partial charge in [0.25, 0.3) is 0 Å². The zero-order chi connectivity index (χ0) is 11.0. The Morgan fingerprint density at radius 2 is 2.38 bits per heavy atom. The van der Waals surface area contributed by atoms with Crippen LogP contribution in [0.1, 0.15) is 0 Å². The van der Waals surface area contributed by atoms with Crippen molar-refractivity contribution in [1.82, 2.24) is 14.8 Å². The lowest BCUT2D eigenvalue weighted by molar-refractivity contribution is 0.342.